The van der Waals surface area contributed by atoms with Gasteiger partial charge < -0.3 is 20.1 Å². The van der Waals surface area contributed by atoms with Crippen LogP contribution in [0.4, 0.5) is 0 Å². The Bertz CT molecular complexity index is 927. The molecule has 1 fully saturated rings. The highest BCUT2D eigenvalue weighted by atomic mass is 16.6. The Balaban J connectivity index is 1.69. The fourth-order valence-electron chi connectivity index (χ4n) is 3.03. The largest absolute Gasteiger partial charge is 0.394 e. The van der Waals surface area contributed by atoms with Gasteiger partial charge in [0.05, 0.1) is 18.6 Å². The van der Waals surface area contributed by atoms with E-state index in [-0.39, 0.29) is 6.61 Å². The van der Waals surface area contributed by atoms with Crippen molar-refractivity contribution in [3.8, 4) is 0 Å². The number of fused-ring (bicyclic) bond motifs is 1. The monoisotopic (exact) mass is 354 g/mol. The van der Waals surface area contributed by atoms with Crippen molar-refractivity contribution in [3.63, 3.8) is 0 Å². The van der Waals surface area contributed by atoms with Crippen LogP contribution in [0.5, 0.6) is 0 Å². The summed E-state index contributed by atoms with van der Waals surface area (Å²) in [7, 11) is 0. The van der Waals surface area contributed by atoms with Crippen molar-refractivity contribution in [2.45, 2.75) is 24.5 Å². The van der Waals surface area contributed by atoms with Crippen LogP contribution < -0.4 is 0 Å². The van der Waals surface area contributed by atoms with E-state index in [0.717, 1.165) is 5.56 Å². The van der Waals surface area contributed by atoms with Crippen molar-refractivity contribution in [3.05, 3.63) is 54.2 Å². The molecule has 3 N–H and O–H groups in total. The Labute approximate surface area is 149 Å². The minimum absolute atomic E-state index is 0.387. The zero-order valence-electron chi connectivity index (χ0n) is 13.8. The summed E-state index contributed by atoms with van der Waals surface area (Å²) in [6, 6.07) is 9.81. The maximum Gasteiger partial charge on any atom is 0.166 e. The van der Waals surface area contributed by atoms with E-state index in [9.17, 15) is 15.3 Å². The van der Waals surface area contributed by atoms with E-state index < -0.39 is 24.5 Å². The molecule has 134 valence electrons. The van der Waals surface area contributed by atoms with Crippen molar-refractivity contribution >= 4 is 23.3 Å². The minimum Gasteiger partial charge on any atom is -0.394 e. The topological polar surface area (TPSA) is 114 Å². The lowest BCUT2D eigenvalue weighted by molar-refractivity contribution is -0.0511. The Hall–Kier alpha value is -2.65. The van der Waals surface area contributed by atoms with Crippen molar-refractivity contribution in [1.29, 1.82) is 0 Å². The first-order valence-corrected chi connectivity index (χ1v) is 8.22. The second kappa shape index (κ2) is 6.93. The Morgan fingerprint density at radius 3 is 2.58 bits per heavy atom. The number of aromatic nitrogens is 4. The second-order valence-corrected chi connectivity index (χ2v) is 6.06. The third-order valence-corrected chi connectivity index (χ3v) is 4.41. The van der Waals surface area contributed by atoms with E-state index in [2.05, 4.69) is 15.0 Å². The van der Waals surface area contributed by atoms with Crippen molar-refractivity contribution in [1.82, 2.24) is 19.5 Å². The Morgan fingerprint density at radius 2 is 1.85 bits per heavy atom. The lowest BCUT2D eigenvalue weighted by Crippen LogP contribution is -2.33. The molecule has 26 heavy (non-hydrogen) atoms. The first-order chi connectivity index (χ1) is 12.7. The highest BCUT2D eigenvalue weighted by Crippen LogP contribution is 2.31. The van der Waals surface area contributed by atoms with Crippen LogP contribution in [-0.4, -0.2) is 59.8 Å². The zero-order chi connectivity index (χ0) is 18.1. The Morgan fingerprint density at radius 1 is 1.04 bits per heavy atom. The number of nitrogens with zero attached hydrogens (tertiary/aromatic N) is 4. The van der Waals surface area contributed by atoms with Gasteiger partial charge in [0.1, 0.15) is 30.2 Å². The van der Waals surface area contributed by atoms with Crippen molar-refractivity contribution < 1.29 is 20.1 Å². The molecule has 8 nitrogen and oxygen atoms in total. The third-order valence-electron chi connectivity index (χ3n) is 4.41. The third kappa shape index (κ3) is 2.89. The summed E-state index contributed by atoms with van der Waals surface area (Å²) in [6.07, 6.45) is 2.55. The maximum atomic E-state index is 10.2. The van der Waals surface area contributed by atoms with Crippen LogP contribution in [0.3, 0.4) is 0 Å². The molecular weight excluding hydrogens is 336 g/mol. The van der Waals surface area contributed by atoms with Gasteiger partial charge in [-0.15, -0.1) is 0 Å². The summed E-state index contributed by atoms with van der Waals surface area (Å²) in [4.78, 5) is 12.8. The Kier molecular flexibility index (Phi) is 4.48. The summed E-state index contributed by atoms with van der Waals surface area (Å²) in [5.41, 5.74) is 2.69. The van der Waals surface area contributed by atoms with Crippen LogP contribution in [0.1, 0.15) is 17.5 Å². The molecule has 4 unspecified atom stereocenters. The van der Waals surface area contributed by atoms with Crippen LogP contribution in [-0.2, 0) is 4.74 Å². The number of hydrogen-bond acceptors (Lipinski definition) is 7. The highest BCUT2D eigenvalue weighted by molar-refractivity contribution is 5.84. The average Bonchev–Trinajstić information content (AvgIpc) is 3.23. The van der Waals surface area contributed by atoms with Gasteiger partial charge in [0.15, 0.2) is 11.9 Å². The van der Waals surface area contributed by atoms with Gasteiger partial charge in [-0.3, -0.25) is 4.57 Å². The van der Waals surface area contributed by atoms with Gasteiger partial charge in [-0.1, -0.05) is 36.4 Å². The SMILES string of the molecule is OCC1OC(n2cnc3c(/C=C/c4ccccc4)ncnc32)C(O)C1O. The lowest BCUT2D eigenvalue weighted by Gasteiger charge is -2.16. The number of imidazole rings is 1. The first kappa shape index (κ1) is 16.8. The number of rotatable bonds is 4. The fraction of sp³-hybridized carbons (Fsp3) is 0.278. The number of aliphatic hydroxyl groups is 3. The molecule has 3 aromatic rings. The van der Waals surface area contributed by atoms with Gasteiger partial charge in [-0.2, -0.15) is 0 Å². The molecule has 0 radical (unpaired) electrons. The molecule has 4 atom stereocenters. The van der Waals surface area contributed by atoms with Gasteiger partial charge in [0.25, 0.3) is 0 Å². The van der Waals surface area contributed by atoms with Crippen LogP contribution in [0, 0.1) is 0 Å². The fourth-order valence-corrected chi connectivity index (χ4v) is 3.03. The van der Waals surface area contributed by atoms with E-state index in [0.29, 0.717) is 16.9 Å². The smallest absolute Gasteiger partial charge is 0.166 e. The van der Waals surface area contributed by atoms with Gasteiger partial charge in [0.2, 0.25) is 0 Å². The molecule has 0 bridgehead atoms. The summed E-state index contributed by atoms with van der Waals surface area (Å²) in [5, 5.41) is 29.4. The molecule has 2 aromatic heterocycles. The molecule has 0 spiro atoms. The molecule has 0 amide bonds. The normalized spacial score (nSPS) is 26.1. The molecule has 0 aliphatic carbocycles. The predicted molar refractivity (Wildman–Crippen MR) is 93.7 cm³/mol. The van der Waals surface area contributed by atoms with Crippen LogP contribution >= 0.6 is 0 Å². The number of hydrogen-bond donors (Lipinski definition) is 3. The van der Waals surface area contributed by atoms with E-state index in [1.54, 1.807) is 4.57 Å². The second-order valence-electron chi connectivity index (χ2n) is 6.06. The van der Waals surface area contributed by atoms with Crippen LogP contribution in [0.2, 0.25) is 0 Å². The lowest BCUT2D eigenvalue weighted by atomic mass is 10.1. The van der Waals surface area contributed by atoms with Gasteiger partial charge in [-0.25, -0.2) is 15.0 Å². The van der Waals surface area contributed by atoms with Gasteiger partial charge >= 0.3 is 0 Å². The van der Waals surface area contributed by atoms with Crippen molar-refractivity contribution in [2.75, 3.05) is 6.61 Å². The van der Waals surface area contributed by atoms with E-state index in [1.165, 1.54) is 12.7 Å². The zero-order valence-corrected chi connectivity index (χ0v) is 13.8. The minimum atomic E-state index is -1.19. The number of ether oxygens (including phenoxy) is 1. The molecular formula is C18H18N4O4. The molecule has 1 aliphatic rings. The first-order valence-electron chi connectivity index (χ1n) is 8.22. The predicted octanol–water partition coefficient (Wildman–Crippen LogP) is 0.608. The van der Waals surface area contributed by atoms with Gasteiger partial charge in [0, 0.05) is 0 Å². The summed E-state index contributed by atoms with van der Waals surface area (Å²) in [6.45, 7) is -0.387. The molecule has 1 aliphatic heterocycles. The van der Waals surface area contributed by atoms with E-state index >= 15 is 0 Å². The average molecular weight is 354 g/mol. The van der Waals surface area contributed by atoms with Crippen molar-refractivity contribution in [2.24, 2.45) is 0 Å². The summed E-state index contributed by atoms with van der Waals surface area (Å²) in [5.74, 6) is 0. The number of benzene rings is 1. The van der Waals surface area contributed by atoms with E-state index in [1.807, 2.05) is 42.5 Å². The molecule has 3 heterocycles. The molecule has 1 saturated heterocycles. The quantitative estimate of drug-likeness (QED) is 0.629. The van der Waals surface area contributed by atoms with Crippen LogP contribution in [0.15, 0.2) is 43.0 Å². The molecule has 1 aromatic carbocycles. The highest BCUT2D eigenvalue weighted by Gasteiger charge is 2.43. The molecule has 8 heteroatoms. The van der Waals surface area contributed by atoms with Gasteiger partial charge in [-0.05, 0) is 11.6 Å². The van der Waals surface area contributed by atoms with E-state index in [4.69, 9.17) is 4.74 Å². The summed E-state index contributed by atoms with van der Waals surface area (Å²) >= 11 is 0. The molecule has 4 rings (SSSR count). The standard InChI is InChI=1S/C18H18N4O4/c23-8-13-15(24)16(25)18(26-13)22-10-21-14-12(19-9-20-17(14)22)7-6-11-4-2-1-3-5-11/h1-7,9-10,13,15-16,18,23-25H,8H2/b7-6+. The number of aliphatic hydroxyl groups excluding tert-OH is 3. The molecule has 0 saturated carbocycles. The summed E-state index contributed by atoms with van der Waals surface area (Å²) < 4.78 is 7.09. The van der Waals surface area contributed by atoms with Crippen LogP contribution in [0.25, 0.3) is 23.3 Å². The maximum absolute atomic E-state index is 10.2.